The number of nitrogens with one attached hydrogen (secondary N) is 1. The average molecular weight is 459 g/mol. The molecule has 2 heterocycles. The van der Waals surface area contributed by atoms with Gasteiger partial charge < -0.3 is 15.1 Å². The fraction of sp³-hybridized carbons (Fsp3) is 0.407. The predicted molar refractivity (Wildman–Crippen MR) is 138 cm³/mol. The van der Waals surface area contributed by atoms with E-state index in [9.17, 15) is 5.26 Å². The average Bonchev–Trinajstić information content (AvgIpc) is 3.36. The Morgan fingerprint density at radius 1 is 1.24 bits per heavy atom. The molecule has 1 aliphatic carbocycles. The van der Waals surface area contributed by atoms with Gasteiger partial charge in [-0.05, 0) is 63.1 Å². The fourth-order valence-electron chi connectivity index (χ4n) is 4.48. The zero-order valence-corrected chi connectivity index (χ0v) is 20.2. The number of aliphatic imine (C=N–C) groups is 1. The third kappa shape index (κ3) is 5.77. The maximum Gasteiger partial charge on any atom is 0.103 e. The van der Waals surface area contributed by atoms with Crippen molar-refractivity contribution < 1.29 is 4.84 Å². The molecule has 178 valence electrons. The van der Waals surface area contributed by atoms with Crippen LogP contribution in [0, 0.1) is 11.3 Å². The zero-order chi connectivity index (χ0) is 23.9. The van der Waals surface area contributed by atoms with Crippen molar-refractivity contribution in [3.8, 4) is 6.07 Å². The Labute approximate surface area is 203 Å². The van der Waals surface area contributed by atoms with E-state index in [2.05, 4.69) is 82.3 Å². The Morgan fingerprint density at radius 3 is 2.68 bits per heavy atom. The minimum absolute atomic E-state index is 0.121. The van der Waals surface area contributed by atoms with E-state index < -0.39 is 0 Å². The quantitative estimate of drug-likeness (QED) is 0.294. The molecule has 0 amide bonds. The van der Waals surface area contributed by atoms with Crippen LogP contribution in [0.5, 0.6) is 0 Å². The lowest BCUT2D eigenvalue weighted by molar-refractivity contribution is -0.0912. The Bertz CT molecular complexity index is 1040. The third-order valence-electron chi connectivity index (χ3n) is 6.52. The molecular weight excluding hydrogens is 424 g/mol. The summed E-state index contributed by atoms with van der Waals surface area (Å²) < 4.78 is 0. The van der Waals surface area contributed by atoms with E-state index in [4.69, 9.17) is 4.84 Å². The van der Waals surface area contributed by atoms with Gasteiger partial charge in [0.05, 0.1) is 23.9 Å². The number of piperazine rings is 1. The number of benzene rings is 1. The first-order chi connectivity index (χ1) is 16.5. The molecule has 7 heteroatoms. The number of hydroxylamine groups is 2. The van der Waals surface area contributed by atoms with Crippen molar-refractivity contribution >= 4 is 17.2 Å². The highest BCUT2D eigenvalue weighted by Gasteiger charge is 2.31. The van der Waals surface area contributed by atoms with Gasteiger partial charge in [0.2, 0.25) is 0 Å². The minimum Gasteiger partial charge on any atom is -0.369 e. The van der Waals surface area contributed by atoms with Gasteiger partial charge in [-0.2, -0.15) is 5.26 Å². The van der Waals surface area contributed by atoms with Crippen molar-refractivity contribution in [3.05, 3.63) is 72.1 Å². The number of likely N-dealkylation sites (N-methyl/N-ethyl adjacent to an activating group) is 1. The molecule has 4 rings (SSSR count). The Hall–Kier alpha value is -3.34. The van der Waals surface area contributed by atoms with Gasteiger partial charge >= 0.3 is 0 Å². The van der Waals surface area contributed by atoms with Crippen LogP contribution in [0.1, 0.15) is 26.2 Å². The number of anilines is 2. The SMILES string of the molecule is C=C(/C(C#N)=C\N=C(C)Nc1ccc(N2CCN(C)CC2)cc1)N1OCC[C@@H]1C1=CC=CCC1. The van der Waals surface area contributed by atoms with Crippen molar-refractivity contribution in [2.45, 2.75) is 32.2 Å². The molecule has 0 radical (unpaired) electrons. The molecule has 2 fully saturated rings. The van der Waals surface area contributed by atoms with Gasteiger partial charge in [-0.3, -0.25) is 4.84 Å². The van der Waals surface area contributed by atoms with E-state index in [-0.39, 0.29) is 6.04 Å². The molecule has 3 aliphatic rings. The molecule has 0 spiro atoms. The van der Waals surface area contributed by atoms with Crippen LogP contribution < -0.4 is 10.2 Å². The molecule has 2 aliphatic heterocycles. The van der Waals surface area contributed by atoms with Crippen LogP contribution in [0.2, 0.25) is 0 Å². The van der Waals surface area contributed by atoms with E-state index in [1.54, 1.807) is 11.3 Å². The molecule has 1 N–H and O–H groups in total. The summed E-state index contributed by atoms with van der Waals surface area (Å²) in [5, 5.41) is 14.8. The van der Waals surface area contributed by atoms with Crippen LogP contribution in [0.4, 0.5) is 11.4 Å². The highest BCUT2D eigenvalue weighted by molar-refractivity contribution is 5.94. The summed E-state index contributed by atoms with van der Waals surface area (Å²) in [5.74, 6) is 0.701. The second kappa shape index (κ2) is 11.2. The predicted octanol–water partition coefficient (Wildman–Crippen LogP) is 4.47. The number of nitriles is 1. The van der Waals surface area contributed by atoms with Gasteiger partial charge in [0.25, 0.3) is 0 Å². The Kier molecular flexibility index (Phi) is 7.84. The summed E-state index contributed by atoms with van der Waals surface area (Å²) in [7, 11) is 2.16. The van der Waals surface area contributed by atoms with Gasteiger partial charge in [0, 0.05) is 43.8 Å². The molecule has 0 bridgehead atoms. The van der Waals surface area contributed by atoms with E-state index in [1.165, 1.54) is 11.3 Å². The highest BCUT2D eigenvalue weighted by Crippen LogP contribution is 2.31. The van der Waals surface area contributed by atoms with Gasteiger partial charge in [0.15, 0.2) is 0 Å². The maximum absolute atomic E-state index is 9.74. The summed E-state index contributed by atoms with van der Waals surface area (Å²) in [6.07, 6.45) is 10.9. The first-order valence-electron chi connectivity index (χ1n) is 12.0. The van der Waals surface area contributed by atoms with Crippen LogP contribution in [-0.4, -0.2) is 61.7 Å². The van der Waals surface area contributed by atoms with Crippen LogP contribution in [0.15, 0.2) is 77.1 Å². The summed E-state index contributed by atoms with van der Waals surface area (Å²) in [5.41, 5.74) is 4.46. The molecule has 1 aromatic carbocycles. The molecule has 0 aromatic heterocycles. The molecule has 1 atom stereocenters. The lowest BCUT2D eigenvalue weighted by Gasteiger charge is -2.34. The number of hydrogen-bond donors (Lipinski definition) is 1. The third-order valence-corrected chi connectivity index (χ3v) is 6.52. The Morgan fingerprint density at radius 2 is 2.00 bits per heavy atom. The number of rotatable bonds is 6. The highest BCUT2D eigenvalue weighted by atomic mass is 16.7. The largest absolute Gasteiger partial charge is 0.369 e. The van der Waals surface area contributed by atoms with Crippen molar-refractivity contribution in [3.63, 3.8) is 0 Å². The van der Waals surface area contributed by atoms with Gasteiger partial charge in [0.1, 0.15) is 11.9 Å². The van der Waals surface area contributed by atoms with Crippen LogP contribution >= 0.6 is 0 Å². The van der Waals surface area contributed by atoms with E-state index in [0.717, 1.165) is 51.1 Å². The van der Waals surface area contributed by atoms with Gasteiger partial charge in [-0.15, -0.1) is 0 Å². The summed E-state index contributed by atoms with van der Waals surface area (Å²) in [6, 6.07) is 10.8. The molecule has 1 aromatic rings. The second-order valence-electron chi connectivity index (χ2n) is 8.95. The summed E-state index contributed by atoms with van der Waals surface area (Å²) in [6.45, 7) is 10.9. The summed E-state index contributed by atoms with van der Waals surface area (Å²) >= 11 is 0. The number of amidine groups is 1. The Balaban J connectivity index is 1.38. The number of hydrogen-bond acceptors (Lipinski definition) is 6. The monoisotopic (exact) mass is 458 g/mol. The standard InChI is InChI=1S/C27H34N6O/c1-21(33-27(13-18-34-33)23-7-5-4-6-8-23)24(19-28)20-29-22(2)30-25-9-11-26(12-10-25)32-16-14-31(3)15-17-32/h4-5,7,9-12,20,27H,1,6,8,13-18H2,2-3H3,(H,29,30)/b24-20-/t27-/m1/s1. The first kappa shape index (κ1) is 23.8. The van der Waals surface area contributed by atoms with Crippen molar-refractivity contribution in [1.29, 1.82) is 5.26 Å². The van der Waals surface area contributed by atoms with Crippen LogP contribution in [0.25, 0.3) is 0 Å². The lowest BCUT2D eigenvalue weighted by atomic mass is 9.95. The minimum atomic E-state index is 0.121. The fourth-order valence-corrected chi connectivity index (χ4v) is 4.48. The first-order valence-corrected chi connectivity index (χ1v) is 12.0. The van der Waals surface area contributed by atoms with E-state index >= 15 is 0 Å². The smallest absolute Gasteiger partial charge is 0.103 e. The zero-order valence-electron chi connectivity index (χ0n) is 20.2. The van der Waals surface area contributed by atoms with Gasteiger partial charge in [-0.25, -0.2) is 10.1 Å². The van der Waals surface area contributed by atoms with Crippen LogP contribution in [-0.2, 0) is 4.84 Å². The molecule has 34 heavy (non-hydrogen) atoms. The second-order valence-corrected chi connectivity index (χ2v) is 8.95. The van der Waals surface area contributed by atoms with Crippen molar-refractivity contribution in [2.24, 2.45) is 4.99 Å². The van der Waals surface area contributed by atoms with E-state index in [1.807, 2.05) is 6.92 Å². The molecule has 0 unspecified atom stereocenters. The molecular formula is C27H34N6O. The van der Waals surface area contributed by atoms with Gasteiger partial charge in [-0.1, -0.05) is 24.8 Å². The molecule has 7 nitrogen and oxygen atoms in total. The lowest BCUT2D eigenvalue weighted by Crippen LogP contribution is -2.44. The molecule has 2 saturated heterocycles. The van der Waals surface area contributed by atoms with Crippen LogP contribution in [0.3, 0.4) is 0 Å². The number of allylic oxidation sites excluding steroid dienone is 4. The number of nitrogens with zero attached hydrogens (tertiary/aromatic N) is 5. The van der Waals surface area contributed by atoms with Crippen molar-refractivity contribution in [1.82, 2.24) is 9.96 Å². The van der Waals surface area contributed by atoms with E-state index in [0.29, 0.717) is 23.7 Å². The normalized spacial score (nSPS) is 21.9. The topological polar surface area (TPSA) is 67.1 Å². The molecule has 0 saturated carbocycles. The van der Waals surface area contributed by atoms with Crippen molar-refractivity contribution in [2.75, 3.05) is 50.1 Å². The summed E-state index contributed by atoms with van der Waals surface area (Å²) in [4.78, 5) is 15.1. The maximum atomic E-state index is 9.74.